The van der Waals surface area contributed by atoms with Crippen LogP contribution >= 0.6 is 0 Å². The molecule has 0 radical (unpaired) electrons. The van der Waals surface area contributed by atoms with Gasteiger partial charge in [0.1, 0.15) is 23.7 Å². The maximum atomic E-state index is 13.2. The van der Waals surface area contributed by atoms with Gasteiger partial charge in [0.25, 0.3) is 0 Å². The molecule has 57 heavy (non-hydrogen) atoms. The van der Waals surface area contributed by atoms with E-state index in [-0.39, 0.29) is 41.4 Å². The van der Waals surface area contributed by atoms with Gasteiger partial charge in [0, 0.05) is 18.1 Å². The van der Waals surface area contributed by atoms with Gasteiger partial charge in [-0.05, 0) is 142 Å². The summed E-state index contributed by atoms with van der Waals surface area (Å²) in [7, 11) is 0. The van der Waals surface area contributed by atoms with Crippen molar-refractivity contribution in [3.63, 3.8) is 0 Å². The molecule has 0 bridgehead atoms. The quantitative estimate of drug-likeness (QED) is 0.0356. The Morgan fingerprint density at radius 1 is 0.719 bits per heavy atom. The zero-order valence-corrected chi connectivity index (χ0v) is 34.0. The van der Waals surface area contributed by atoms with Crippen LogP contribution in [-0.2, 0) is 28.5 Å². The highest BCUT2D eigenvalue weighted by atomic mass is 16.6. The molecule has 0 spiro atoms. The maximum absolute atomic E-state index is 13.2. The van der Waals surface area contributed by atoms with E-state index < -0.39 is 0 Å². The number of ether oxygens (including phenoxy) is 7. The maximum Gasteiger partial charge on any atom is 0.338 e. The lowest BCUT2D eigenvalue weighted by molar-refractivity contribution is -0.150. The molecular weight excluding hydrogens is 725 g/mol. The first-order valence-corrected chi connectivity index (χ1v) is 21.1. The number of unbranched alkanes of at least 4 members (excludes halogenated alkanes) is 6. The lowest BCUT2D eigenvalue weighted by Gasteiger charge is -2.40. The molecule has 3 atom stereocenters. The number of fused-ring (bicyclic) bond motifs is 1. The van der Waals surface area contributed by atoms with Gasteiger partial charge < -0.3 is 33.2 Å². The molecular formula is C47H62O10. The molecule has 1 heterocycles. The van der Waals surface area contributed by atoms with E-state index in [1.807, 2.05) is 42.5 Å². The summed E-state index contributed by atoms with van der Waals surface area (Å²) in [5, 5.41) is 1.91. The zero-order valence-electron chi connectivity index (χ0n) is 34.0. The predicted octanol–water partition coefficient (Wildman–Crippen LogP) is 9.85. The second-order valence-corrected chi connectivity index (χ2v) is 15.5. The van der Waals surface area contributed by atoms with Gasteiger partial charge in [-0.2, -0.15) is 0 Å². The molecule has 2 fully saturated rings. The summed E-state index contributed by atoms with van der Waals surface area (Å²) in [5.74, 6) is 0.534. The van der Waals surface area contributed by atoms with Gasteiger partial charge in [-0.1, -0.05) is 39.0 Å². The fraction of sp³-hybridized carbons (Fsp3) is 0.553. The smallest absolute Gasteiger partial charge is 0.338 e. The van der Waals surface area contributed by atoms with Crippen LogP contribution in [0.4, 0.5) is 0 Å². The van der Waals surface area contributed by atoms with Crippen LogP contribution in [0.25, 0.3) is 10.8 Å². The number of hydrogen-bond donors (Lipinski definition) is 0. The van der Waals surface area contributed by atoms with Crippen molar-refractivity contribution in [3.8, 4) is 11.5 Å². The Morgan fingerprint density at radius 2 is 1.33 bits per heavy atom. The second-order valence-electron chi connectivity index (χ2n) is 15.5. The van der Waals surface area contributed by atoms with Crippen molar-refractivity contribution in [2.75, 3.05) is 46.2 Å². The van der Waals surface area contributed by atoms with Gasteiger partial charge in [0.05, 0.1) is 50.8 Å². The molecule has 0 aromatic heterocycles. The molecule has 0 amide bonds. The second kappa shape index (κ2) is 23.1. The summed E-state index contributed by atoms with van der Waals surface area (Å²) in [6.07, 6.45) is 12.4. The van der Waals surface area contributed by atoms with E-state index >= 15 is 0 Å². The number of benzene rings is 3. The highest BCUT2D eigenvalue weighted by Crippen LogP contribution is 2.33. The van der Waals surface area contributed by atoms with E-state index in [1.165, 1.54) is 6.08 Å². The molecule has 0 N–H and O–H groups in total. The summed E-state index contributed by atoms with van der Waals surface area (Å²) in [6.45, 7) is 12.5. The average Bonchev–Trinajstić information content (AvgIpc) is 3.22. The Bertz CT molecular complexity index is 1710. The molecule has 1 saturated carbocycles. The van der Waals surface area contributed by atoms with Crippen LogP contribution in [0.3, 0.4) is 0 Å². The van der Waals surface area contributed by atoms with Crippen molar-refractivity contribution in [3.05, 3.63) is 84.4 Å². The standard InChI is InChI=1S/C47H62O10/c1-4-35-30-42(56-46(50)39-16-15-38-31-41(22-19-37(38)29-39)54-27-13-9-10-14-28-55-44(48)5-2)23-24-43(35)57-45(49)36-17-20-40(21-18-36)53-26-12-8-7-11-25-51-32-47(6-3)33-52-34-47/h5,15-22,29,31,35,42-43H,2,4,6-14,23-28,30,32-34H2,1,3H3/t35-,42-,43-/m0/s1. The normalized spacial score (nSPS) is 18.6. The minimum absolute atomic E-state index is 0.0945. The van der Waals surface area contributed by atoms with Crippen LogP contribution in [0, 0.1) is 11.3 Å². The zero-order chi connectivity index (χ0) is 40.3. The van der Waals surface area contributed by atoms with E-state index in [2.05, 4.69) is 20.4 Å². The first kappa shape index (κ1) is 43.7. The molecule has 1 aliphatic heterocycles. The van der Waals surface area contributed by atoms with E-state index in [4.69, 9.17) is 33.2 Å². The summed E-state index contributed by atoms with van der Waals surface area (Å²) in [4.78, 5) is 37.4. The molecule has 0 unspecified atom stereocenters. The number of esters is 3. The predicted molar refractivity (Wildman–Crippen MR) is 220 cm³/mol. The van der Waals surface area contributed by atoms with Crippen molar-refractivity contribution in [1.82, 2.24) is 0 Å². The topological polar surface area (TPSA) is 116 Å². The molecule has 3 aromatic rings. The van der Waals surface area contributed by atoms with E-state index in [9.17, 15) is 14.4 Å². The summed E-state index contributed by atoms with van der Waals surface area (Å²) in [5.41, 5.74) is 1.25. The van der Waals surface area contributed by atoms with Crippen molar-refractivity contribution in [1.29, 1.82) is 0 Å². The van der Waals surface area contributed by atoms with Crippen LogP contribution in [0.15, 0.2) is 73.3 Å². The monoisotopic (exact) mass is 786 g/mol. The Morgan fingerprint density at radius 3 is 2.00 bits per heavy atom. The third-order valence-electron chi connectivity index (χ3n) is 11.2. The highest BCUT2D eigenvalue weighted by Gasteiger charge is 2.37. The van der Waals surface area contributed by atoms with Gasteiger partial charge in [-0.25, -0.2) is 14.4 Å². The number of carbonyl (C=O) groups is 3. The Labute approximate surface area is 338 Å². The average molecular weight is 787 g/mol. The molecule has 10 heteroatoms. The van der Waals surface area contributed by atoms with Gasteiger partial charge in [-0.15, -0.1) is 0 Å². The summed E-state index contributed by atoms with van der Waals surface area (Å²) < 4.78 is 40.1. The molecule has 310 valence electrons. The van der Waals surface area contributed by atoms with Crippen molar-refractivity contribution in [2.24, 2.45) is 11.3 Å². The molecule has 1 saturated heterocycles. The molecule has 1 aliphatic carbocycles. The van der Waals surface area contributed by atoms with Gasteiger partial charge in [0.15, 0.2) is 0 Å². The minimum atomic E-state index is -0.386. The van der Waals surface area contributed by atoms with Gasteiger partial charge in [-0.3, -0.25) is 0 Å². The van der Waals surface area contributed by atoms with Crippen LogP contribution in [0.2, 0.25) is 0 Å². The third kappa shape index (κ3) is 13.9. The number of hydrogen-bond acceptors (Lipinski definition) is 10. The fourth-order valence-electron chi connectivity index (χ4n) is 7.34. The summed E-state index contributed by atoms with van der Waals surface area (Å²) in [6, 6.07) is 18.6. The largest absolute Gasteiger partial charge is 0.494 e. The van der Waals surface area contributed by atoms with Crippen LogP contribution < -0.4 is 9.47 Å². The van der Waals surface area contributed by atoms with Gasteiger partial charge in [0.2, 0.25) is 0 Å². The molecule has 5 rings (SSSR count). The minimum Gasteiger partial charge on any atom is -0.494 e. The third-order valence-corrected chi connectivity index (χ3v) is 11.2. The van der Waals surface area contributed by atoms with Crippen molar-refractivity contribution >= 4 is 28.7 Å². The van der Waals surface area contributed by atoms with Crippen molar-refractivity contribution < 1.29 is 47.5 Å². The van der Waals surface area contributed by atoms with E-state index in [1.54, 1.807) is 18.2 Å². The number of carbonyl (C=O) groups excluding carboxylic acids is 3. The lowest BCUT2D eigenvalue weighted by atomic mass is 9.83. The SMILES string of the molecule is C=CC(=O)OCCCCCCOc1ccc2cc(C(=O)O[C@H]3CC[C@H](OC(=O)c4ccc(OCCCCCCOCC5(CC)COC5)cc4)[C@@H](CC)C3)ccc2c1. The van der Waals surface area contributed by atoms with Crippen molar-refractivity contribution in [2.45, 2.75) is 110 Å². The van der Waals surface area contributed by atoms with E-state index in [0.29, 0.717) is 50.2 Å². The van der Waals surface area contributed by atoms with Crippen LogP contribution in [-0.4, -0.2) is 76.4 Å². The van der Waals surface area contributed by atoms with Crippen LogP contribution in [0.5, 0.6) is 11.5 Å². The molecule has 3 aromatic carbocycles. The Hall–Kier alpha value is -4.41. The summed E-state index contributed by atoms with van der Waals surface area (Å²) >= 11 is 0. The van der Waals surface area contributed by atoms with E-state index in [0.717, 1.165) is 113 Å². The molecule has 10 nitrogen and oxygen atoms in total. The molecule has 2 aliphatic rings. The van der Waals surface area contributed by atoms with Gasteiger partial charge >= 0.3 is 17.9 Å². The first-order chi connectivity index (χ1) is 27.8. The Balaban J connectivity index is 0.963. The lowest BCUT2D eigenvalue weighted by Crippen LogP contribution is -2.45. The fourth-order valence-corrected chi connectivity index (χ4v) is 7.34. The first-order valence-electron chi connectivity index (χ1n) is 21.1. The number of rotatable bonds is 25. The van der Waals surface area contributed by atoms with Crippen LogP contribution in [0.1, 0.15) is 118 Å². The Kier molecular flexibility index (Phi) is 17.7. The highest BCUT2D eigenvalue weighted by molar-refractivity contribution is 5.96.